The third-order valence-corrected chi connectivity index (χ3v) is 6.34. The highest BCUT2D eigenvalue weighted by molar-refractivity contribution is 7.20. The fourth-order valence-electron chi connectivity index (χ4n) is 3.45. The fourth-order valence-corrected chi connectivity index (χ4v) is 4.59. The van der Waals surface area contributed by atoms with Gasteiger partial charge in [0.25, 0.3) is 11.5 Å². The zero-order valence-corrected chi connectivity index (χ0v) is 18.3. The van der Waals surface area contributed by atoms with Gasteiger partial charge in [0.1, 0.15) is 16.3 Å². The minimum Gasteiger partial charge on any atom is -0.328 e. The summed E-state index contributed by atoms with van der Waals surface area (Å²) in [4.78, 5) is 38.6. The molecule has 0 aliphatic carbocycles. The molecule has 0 spiro atoms. The summed E-state index contributed by atoms with van der Waals surface area (Å²) >= 11 is 0.930. The Labute approximate surface area is 184 Å². The molecule has 0 fully saturated rings. The number of aromatic amines is 1. The van der Waals surface area contributed by atoms with Crippen molar-refractivity contribution in [3.63, 3.8) is 0 Å². The third-order valence-electron chi connectivity index (χ3n) is 5.15. The van der Waals surface area contributed by atoms with E-state index in [4.69, 9.17) is 0 Å². The molecule has 32 heavy (non-hydrogen) atoms. The Morgan fingerprint density at radius 2 is 1.84 bits per heavy atom. The maximum absolute atomic E-state index is 13.4. The van der Waals surface area contributed by atoms with Gasteiger partial charge in [-0.05, 0) is 50.6 Å². The number of halogens is 3. The van der Waals surface area contributed by atoms with Crippen molar-refractivity contribution in [2.24, 2.45) is 0 Å². The number of alkyl halides is 3. The van der Waals surface area contributed by atoms with Crippen molar-refractivity contribution in [2.45, 2.75) is 39.5 Å². The summed E-state index contributed by atoms with van der Waals surface area (Å²) < 4.78 is 39.1. The van der Waals surface area contributed by atoms with Crippen LogP contribution < -0.4 is 5.56 Å². The second-order valence-electron chi connectivity index (χ2n) is 7.66. The zero-order chi connectivity index (χ0) is 23.2. The number of amides is 1. The molecule has 0 aliphatic heterocycles. The number of rotatable bonds is 4. The van der Waals surface area contributed by atoms with Crippen LogP contribution in [-0.4, -0.2) is 31.8 Å². The number of benzene rings is 1. The number of para-hydroxylation sites is 1. The maximum atomic E-state index is 13.4. The third kappa shape index (κ3) is 3.97. The van der Waals surface area contributed by atoms with E-state index in [2.05, 4.69) is 15.0 Å². The number of hydrogen-bond acceptors (Lipinski definition) is 5. The number of H-pyrrole nitrogens is 1. The van der Waals surface area contributed by atoms with Gasteiger partial charge in [-0.15, -0.1) is 11.3 Å². The van der Waals surface area contributed by atoms with Crippen LogP contribution in [0.2, 0.25) is 0 Å². The first kappa shape index (κ1) is 21.9. The standard InChI is InChI=1S/C22H19F3N4O2S/c1-11(2)29(10-17-26-15-7-5-4-6-14(15)19(30)28-17)21(31)18-12(3)13-8-9-16(22(23,24)25)27-20(13)32-18/h4-9,11H,10H2,1-3H3,(H,26,28,30). The summed E-state index contributed by atoms with van der Waals surface area (Å²) in [6.07, 6.45) is -4.56. The molecule has 10 heteroatoms. The Balaban J connectivity index is 1.72. The number of hydrogen-bond donors (Lipinski definition) is 1. The first-order valence-corrected chi connectivity index (χ1v) is 10.6. The first-order chi connectivity index (χ1) is 15.1. The molecule has 0 unspecified atom stereocenters. The molecule has 0 saturated heterocycles. The lowest BCUT2D eigenvalue weighted by molar-refractivity contribution is -0.140. The second-order valence-corrected chi connectivity index (χ2v) is 8.66. The van der Waals surface area contributed by atoms with Crippen molar-refractivity contribution >= 4 is 38.4 Å². The lowest BCUT2D eigenvalue weighted by Gasteiger charge is -2.26. The van der Waals surface area contributed by atoms with Crippen molar-refractivity contribution < 1.29 is 18.0 Å². The lowest BCUT2D eigenvalue weighted by Crippen LogP contribution is -2.37. The number of pyridine rings is 1. The monoisotopic (exact) mass is 460 g/mol. The average Bonchev–Trinajstić information content (AvgIpc) is 3.07. The van der Waals surface area contributed by atoms with Crippen molar-refractivity contribution in [1.29, 1.82) is 0 Å². The van der Waals surface area contributed by atoms with Gasteiger partial charge in [0.15, 0.2) is 0 Å². The fraction of sp³-hybridized carbons (Fsp3) is 0.273. The van der Waals surface area contributed by atoms with E-state index in [1.807, 2.05) is 13.8 Å². The Morgan fingerprint density at radius 3 is 2.53 bits per heavy atom. The van der Waals surface area contributed by atoms with E-state index in [0.717, 1.165) is 17.4 Å². The van der Waals surface area contributed by atoms with Gasteiger partial charge in [-0.1, -0.05) is 12.1 Å². The van der Waals surface area contributed by atoms with Gasteiger partial charge in [0.2, 0.25) is 0 Å². The Morgan fingerprint density at radius 1 is 1.12 bits per heavy atom. The summed E-state index contributed by atoms with van der Waals surface area (Å²) in [5.74, 6) is -0.0307. The molecule has 3 heterocycles. The van der Waals surface area contributed by atoms with Gasteiger partial charge in [0, 0.05) is 11.4 Å². The number of carbonyl (C=O) groups is 1. The van der Waals surface area contributed by atoms with Crippen LogP contribution in [0.5, 0.6) is 0 Å². The van der Waals surface area contributed by atoms with Gasteiger partial charge in [-0.2, -0.15) is 13.2 Å². The predicted molar refractivity (Wildman–Crippen MR) is 117 cm³/mol. The molecule has 3 aromatic heterocycles. The van der Waals surface area contributed by atoms with E-state index in [-0.39, 0.29) is 28.9 Å². The summed E-state index contributed by atoms with van der Waals surface area (Å²) in [6.45, 7) is 5.38. The molecule has 166 valence electrons. The number of nitrogens with one attached hydrogen (secondary N) is 1. The van der Waals surface area contributed by atoms with E-state index in [1.54, 1.807) is 31.2 Å². The highest BCUT2D eigenvalue weighted by Gasteiger charge is 2.33. The molecule has 1 aromatic carbocycles. The maximum Gasteiger partial charge on any atom is 0.433 e. The highest BCUT2D eigenvalue weighted by Crippen LogP contribution is 2.35. The molecule has 6 nitrogen and oxygen atoms in total. The van der Waals surface area contributed by atoms with Crippen molar-refractivity contribution in [1.82, 2.24) is 19.9 Å². The number of aromatic nitrogens is 3. The van der Waals surface area contributed by atoms with Crippen LogP contribution in [0.25, 0.3) is 21.1 Å². The Hall–Kier alpha value is -3.27. The van der Waals surface area contributed by atoms with Crippen LogP contribution in [0.4, 0.5) is 13.2 Å². The molecule has 1 amide bonds. The molecule has 0 radical (unpaired) electrons. The molecule has 4 rings (SSSR count). The number of carbonyl (C=O) groups excluding carboxylic acids is 1. The predicted octanol–water partition coefficient (Wildman–Crippen LogP) is 4.91. The summed E-state index contributed by atoms with van der Waals surface area (Å²) in [7, 11) is 0. The van der Waals surface area contributed by atoms with E-state index in [9.17, 15) is 22.8 Å². The van der Waals surface area contributed by atoms with E-state index in [1.165, 1.54) is 11.0 Å². The van der Waals surface area contributed by atoms with Crippen LogP contribution in [0.15, 0.2) is 41.2 Å². The number of fused-ring (bicyclic) bond motifs is 2. The molecule has 0 bridgehead atoms. The van der Waals surface area contributed by atoms with E-state index < -0.39 is 11.9 Å². The largest absolute Gasteiger partial charge is 0.433 e. The molecule has 0 aliphatic rings. The van der Waals surface area contributed by atoms with Gasteiger partial charge in [-0.3, -0.25) is 9.59 Å². The zero-order valence-electron chi connectivity index (χ0n) is 17.4. The molecule has 0 atom stereocenters. The number of thiophene rings is 1. The van der Waals surface area contributed by atoms with E-state index in [0.29, 0.717) is 32.6 Å². The normalized spacial score (nSPS) is 12.1. The second kappa shape index (κ2) is 8.01. The van der Waals surface area contributed by atoms with Gasteiger partial charge < -0.3 is 9.88 Å². The summed E-state index contributed by atoms with van der Waals surface area (Å²) in [5, 5.41) is 0.956. The van der Waals surface area contributed by atoms with Crippen LogP contribution in [0.1, 0.15) is 40.6 Å². The minimum absolute atomic E-state index is 0.0471. The Bertz CT molecular complexity index is 1390. The summed E-state index contributed by atoms with van der Waals surface area (Å²) in [6, 6.07) is 8.91. The molecule has 0 saturated carbocycles. The molecule has 4 aromatic rings. The minimum atomic E-state index is -4.56. The van der Waals surface area contributed by atoms with Gasteiger partial charge in [-0.25, -0.2) is 9.97 Å². The number of nitrogens with zero attached hydrogens (tertiary/aromatic N) is 3. The molecular weight excluding hydrogens is 441 g/mol. The number of aryl methyl sites for hydroxylation is 1. The average molecular weight is 460 g/mol. The summed E-state index contributed by atoms with van der Waals surface area (Å²) in [5.41, 5.74) is -0.209. The smallest absolute Gasteiger partial charge is 0.328 e. The van der Waals surface area contributed by atoms with Gasteiger partial charge >= 0.3 is 6.18 Å². The van der Waals surface area contributed by atoms with E-state index >= 15 is 0 Å². The van der Waals surface area contributed by atoms with Crippen molar-refractivity contribution in [3.8, 4) is 0 Å². The van der Waals surface area contributed by atoms with Gasteiger partial charge in [0.05, 0.1) is 22.3 Å². The Kier molecular flexibility index (Phi) is 5.49. The quantitative estimate of drug-likeness (QED) is 0.469. The lowest BCUT2D eigenvalue weighted by atomic mass is 10.1. The SMILES string of the molecule is Cc1c(C(=O)N(Cc2nc3ccccc3c(=O)[nH]2)C(C)C)sc2nc(C(F)(F)F)ccc12. The molecule has 1 N–H and O–H groups in total. The molecular formula is C22H19F3N4O2S. The van der Waals surface area contributed by atoms with Crippen molar-refractivity contribution in [2.75, 3.05) is 0 Å². The highest BCUT2D eigenvalue weighted by atomic mass is 32.1. The van der Waals surface area contributed by atoms with Crippen LogP contribution in [0.3, 0.4) is 0 Å². The van der Waals surface area contributed by atoms with Crippen LogP contribution in [-0.2, 0) is 12.7 Å². The van der Waals surface area contributed by atoms with Crippen molar-refractivity contribution in [3.05, 3.63) is 68.7 Å². The van der Waals surface area contributed by atoms with Crippen LogP contribution >= 0.6 is 11.3 Å². The van der Waals surface area contributed by atoms with Crippen LogP contribution in [0, 0.1) is 6.92 Å². The first-order valence-electron chi connectivity index (χ1n) is 9.82. The topological polar surface area (TPSA) is 79.0 Å².